The first-order valence-corrected chi connectivity index (χ1v) is 9.04. The number of imide groups is 1. The monoisotopic (exact) mass is 348 g/mol. The van der Waals surface area contributed by atoms with Crippen molar-refractivity contribution in [1.29, 1.82) is 5.26 Å². The molecule has 1 unspecified atom stereocenters. The molecule has 1 atom stereocenters. The molecule has 1 heterocycles. The van der Waals surface area contributed by atoms with Crippen molar-refractivity contribution < 1.29 is 14.4 Å². The van der Waals surface area contributed by atoms with Gasteiger partial charge in [-0.05, 0) is 44.4 Å². The zero-order valence-electron chi connectivity index (χ0n) is 15.5. The van der Waals surface area contributed by atoms with Crippen LogP contribution >= 0.6 is 0 Å². The van der Waals surface area contributed by atoms with Crippen LogP contribution in [0.2, 0.25) is 0 Å². The largest absolute Gasteiger partial charge is 0.336 e. The summed E-state index contributed by atoms with van der Waals surface area (Å²) in [5.74, 6) is -0.318. The molecule has 0 bridgehead atoms. The molecule has 2 aliphatic rings. The maximum atomic E-state index is 12.8. The summed E-state index contributed by atoms with van der Waals surface area (Å²) in [6.45, 7) is 7.08. The number of nitrogens with one attached hydrogen (secondary N) is 2. The number of nitriles is 1. The van der Waals surface area contributed by atoms with Crippen LogP contribution in [-0.2, 0) is 9.59 Å². The van der Waals surface area contributed by atoms with E-state index in [1.54, 1.807) is 6.92 Å². The highest BCUT2D eigenvalue weighted by Crippen LogP contribution is 2.37. The smallest absolute Gasteiger partial charge is 0.325 e. The van der Waals surface area contributed by atoms with Crippen molar-refractivity contribution in [3.63, 3.8) is 0 Å². The number of urea groups is 1. The normalized spacial score (nSPS) is 28.6. The molecule has 2 fully saturated rings. The molecular weight excluding hydrogens is 320 g/mol. The fourth-order valence-electron chi connectivity index (χ4n) is 3.51. The maximum Gasteiger partial charge on any atom is 0.325 e. The van der Waals surface area contributed by atoms with Crippen LogP contribution in [0.3, 0.4) is 0 Å². The second kappa shape index (κ2) is 7.03. The fourth-order valence-corrected chi connectivity index (χ4v) is 3.51. The first-order chi connectivity index (χ1) is 11.7. The van der Waals surface area contributed by atoms with E-state index in [2.05, 4.69) is 23.6 Å². The van der Waals surface area contributed by atoms with E-state index in [9.17, 15) is 19.6 Å². The van der Waals surface area contributed by atoms with Gasteiger partial charge in [0.05, 0.1) is 6.07 Å². The Hall–Kier alpha value is -2.10. The van der Waals surface area contributed by atoms with Gasteiger partial charge in [-0.3, -0.25) is 14.5 Å². The Morgan fingerprint density at radius 2 is 2.04 bits per heavy atom. The van der Waals surface area contributed by atoms with Gasteiger partial charge in [0.1, 0.15) is 17.6 Å². The van der Waals surface area contributed by atoms with E-state index in [1.807, 2.05) is 13.8 Å². The lowest BCUT2D eigenvalue weighted by Crippen LogP contribution is -2.53. The van der Waals surface area contributed by atoms with Gasteiger partial charge in [0.15, 0.2) is 0 Å². The Bertz CT molecular complexity index is 602. The molecule has 0 aromatic heterocycles. The lowest BCUT2D eigenvalue weighted by molar-refractivity contribution is -0.136. The first-order valence-electron chi connectivity index (χ1n) is 9.04. The average Bonchev–Trinajstić information content (AvgIpc) is 2.79. The SMILES string of the molecule is CCC1CCC2(CC1)NC(=O)N(CC(=O)NC(C)(C#N)C(C)C)C2=O. The minimum atomic E-state index is -1.03. The summed E-state index contributed by atoms with van der Waals surface area (Å²) in [5, 5.41) is 14.7. The highest BCUT2D eigenvalue weighted by molar-refractivity contribution is 6.09. The van der Waals surface area contributed by atoms with E-state index in [0.717, 1.165) is 24.2 Å². The molecule has 0 radical (unpaired) electrons. The van der Waals surface area contributed by atoms with Crippen molar-refractivity contribution in [2.45, 2.75) is 70.9 Å². The zero-order valence-corrected chi connectivity index (χ0v) is 15.5. The second-order valence-electron chi connectivity index (χ2n) is 7.77. The van der Waals surface area contributed by atoms with Crippen molar-refractivity contribution in [2.75, 3.05) is 6.54 Å². The lowest BCUT2D eigenvalue weighted by atomic mass is 9.75. The van der Waals surface area contributed by atoms with Gasteiger partial charge < -0.3 is 10.6 Å². The highest BCUT2D eigenvalue weighted by Gasteiger charge is 2.52. The van der Waals surface area contributed by atoms with Crippen LogP contribution < -0.4 is 10.6 Å². The molecule has 0 aromatic carbocycles. The molecule has 1 aliphatic heterocycles. The maximum absolute atomic E-state index is 12.8. The second-order valence-corrected chi connectivity index (χ2v) is 7.77. The molecule has 7 nitrogen and oxygen atoms in total. The summed E-state index contributed by atoms with van der Waals surface area (Å²) in [7, 11) is 0. The van der Waals surface area contributed by atoms with Crippen LogP contribution in [0.25, 0.3) is 0 Å². The summed E-state index contributed by atoms with van der Waals surface area (Å²) in [6, 6.07) is 1.57. The Kier molecular flexibility index (Phi) is 5.40. The van der Waals surface area contributed by atoms with Gasteiger partial charge in [0, 0.05) is 0 Å². The predicted octanol–water partition coefficient (Wildman–Crippen LogP) is 1.93. The molecular formula is C18H28N4O3. The number of rotatable bonds is 5. The highest BCUT2D eigenvalue weighted by atomic mass is 16.2. The summed E-state index contributed by atoms with van der Waals surface area (Å²) < 4.78 is 0. The summed E-state index contributed by atoms with van der Waals surface area (Å²) in [4.78, 5) is 38.3. The van der Waals surface area contributed by atoms with Crippen molar-refractivity contribution in [3.8, 4) is 6.07 Å². The number of nitrogens with zero attached hydrogens (tertiary/aromatic N) is 2. The van der Waals surface area contributed by atoms with Gasteiger partial charge in [-0.1, -0.05) is 27.2 Å². The third-order valence-electron chi connectivity index (χ3n) is 5.87. The third-order valence-corrected chi connectivity index (χ3v) is 5.87. The van der Waals surface area contributed by atoms with E-state index in [1.165, 1.54) is 0 Å². The van der Waals surface area contributed by atoms with Gasteiger partial charge in [0.2, 0.25) is 5.91 Å². The molecule has 1 spiro atoms. The van der Waals surface area contributed by atoms with E-state index in [-0.39, 0.29) is 18.4 Å². The first kappa shape index (κ1) is 19.2. The van der Waals surface area contributed by atoms with Crippen LogP contribution in [0, 0.1) is 23.2 Å². The molecule has 1 aliphatic carbocycles. The number of carbonyl (C=O) groups is 3. The van der Waals surface area contributed by atoms with Gasteiger partial charge in [-0.15, -0.1) is 0 Å². The Morgan fingerprint density at radius 3 is 2.52 bits per heavy atom. The predicted molar refractivity (Wildman–Crippen MR) is 92.2 cm³/mol. The molecule has 1 saturated heterocycles. The Labute approximate surface area is 149 Å². The van der Waals surface area contributed by atoms with E-state index in [4.69, 9.17) is 0 Å². The third kappa shape index (κ3) is 3.63. The van der Waals surface area contributed by atoms with Gasteiger partial charge in [0.25, 0.3) is 5.91 Å². The number of hydrogen-bond acceptors (Lipinski definition) is 4. The van der Waals surface area contributed by atoms with Crippen LogP contribution in [0.15, 0.2) is 0 Å². The molecule has 2 N–H and O–H groups in total. The van der Waals surface area contributed by atoms with Crippen molar-refractivity contribution in [2.24, 2.45) is 11.8 Å². The van der Waals surface area contributed by atoms with Crippen LogP contribution in [0.5, 0.6) is 0 Å². The quantitative estimate of drug-likeness (QED) is 0.741. The number of hydrogen-bond donors (Lipinski definition) is 2. The summed E-state index contributed by atoms with van der Waals surface area (Å²) >= 11 is 0. The van der Waals surface area contributed by atoms with Gasteiger partial charge >= 0.3 is 6.03 Å². The van der Waals surface area contributed by atoms with Crippen molar-refractivity contribution >= 4 is 17.8 Å². The van der Waals surface area contributed by atoms with E-state index >= 15 is 0 Å². The van der Waals surface area contributed by atoms with Crippen LogP contribution in [0.4, 0.5) is 4.79 Å². The van der Waals surface area contributed by atoms with Crippen molar-refractivity contribution in [3.05, 3.63) is 0 Å². The molecule has 138 valence electrons. The molecule has 4 amide bonds. The number of carbonyl (C=O) groups excluding carboxylic acids is 3. The van der Waals surface area contributed by atoms with Gasteiger partial charge in [-0.25, -0.2) is 4.79 Å². The molecule has 25 heavy (non-hydrogen) atoms. The zero-order chi connectivity index (χ0) is 18.8. The molecule has 0 aromatic rings. The Balaban J connectivity index is 2.04. The van der Waals surface area contributed by atoms with E-state index in [0.29, 0.717) is 18.8 Å². The summed E-state index contributed by atoms with van der Waals surface area (Å²) in [6.07, 6.45) is 4.13. The van der Waals surface area contributed by atoms with Crippen LogP contribution in [0.1, 0.15) is 59.8 Å². The van der Waals surface area contributed by atoms with E-state index < -0.39 is 23.0 Å². The van der Waals surface area contributed by atoms with Gasteiger partial charge in [-0.2, -0.15) is 5.26 Å². The standard InChI is InChI=1S/C18H28N4O3/c1-5-13-6-8-18(9-7-13)15(24)22(16(25)21-18)10-14(23)20-17(4,11-19)12(2)3/h12-13H,5-10H2,1-4H3,(H,20,23)(H,21,25). The Morgan fingerprint density at radius 1 is 1.44 bits per heavy atom. The average molecular weight is 348 g/mol. The minimum absolute atomic E-state index is 0.0970. The molecule has 7 heteroatoms. The number of amides is 4. The van der Waals surface area contributed by atoms with Crippen molar-refractivity contribution in [1.82, 2.24) is 15.5 Å². The summed E-state index contributed by atoms with van der Waals surface area (Å²) in [5.41, 5.74) is -1.88. The van der Waals surface area contributed by atoms with Crippen LogP contribution in [-0.4, -0.2) is 40.4 Å². The molecule has 2 rings (SSSR count). The topological polar surface area (TPSA) is 102 Å². The fraction of sp³-hybridized carbons (Fsp3) is 0.778. The lowest BCUT2D eigenvalue weighted by Gasteiger charge is -2.34. The minimum Gasteiger partial charge on any atom is -0.336 e. The molecule has 1 saturated carbocycles.